The van der Waals surface area contributed by atoms with Gasteiger partial charge in [-0.15, -0.1) is 11.3 Å². The van der Waals surface area contributed by atoms with E-state index >= 15 is 0 Å². The molecule has 1 unspecified atom stereocenters. The Bertz CT molecular complexity index is 886. The summed E-state index contributed by atoms with van der Waals surface area (Å²) < 4.78 is 1.21. The van der Waals surface area contributed by atoms with Crippen LogP contribution in [0.3, 0.4) is 0 Å². The van der Waals surface area contributed by atoms with E-state index in [2.05, 4.69) is 40.3 Å². The van der Waals surface area contributed by atoms with Crippen LogP contribution in [0.5, 0.6) is 0 Å². The van der Waals surface area contributed by atoms with Gasteiger partial charge in [0, 0.05) is 30.9 Å². The van der Waals surface area contributed by atoms with Crippen LogP contribution in [0.25, 0.3) is 10.2 Å². The minimum atomic E-state index is 0.0682. The number of benzene rings is 2. The monoisotopic (exact) mass is 379 g/mol. The number of carbonyl (C=O) groups excluding carboxylic acids is 1. The Kier molecular flexibility index (Phi) is 5.39. The van der Waals surface area contributed by atoms with Crippen LogP contribution in [0.2, 0.25) is 0 Å². The number of hydrogen-bond acceptors (Lipinski definition) is 4. The van der Waals surface area contributed by atoms with E-state index in [1.165, 1.54) is 16.8 Å². The predicted octanol–water partition coefficient (Wildman–Crippen LogP) is 5.10. The standard InChI is InChI=1S/C22H25N3OS/c1-16-13-14-25(15-16)18-11-9-17(10-12-18)23-21(26)7-4-8-22-24-19-5-2-3-6-20(19)27-22/h2-3,5-6,9-12,16H,4,7-8,13-15H2,1H3,(H,23,26). The number of para-hydroxylation sites is 1. The fraction of sp³-hybridized carbons (Fsp3) is 0.364. The first kappa shape index (κ1) is 18.0. The van der Waals surface area contributed by atoms with Gasteiger partial charge in [-0.25, -0.2) is 4.98 Å². The van der Waals surface area contributed by atoms with Crippen LogP contribution in [0.4, 0.5) is 11.4 Å². The molecule has 0 bridgehead atoms. The Morgan fingerprint density at radius 2 is 2.04 bits per heavy atom. The zero-order valence-corrected chi connectivity index (χ0v) is 16.5. The number of rotatable bonds is 6. The van der Waals surface area contributed by atoms with E-state index in [9.17, 15) is 4.79 Å². The normalized spacial score (nSPS) is 16.8. The molecule has 2 aromatic carbocycles. The van der Waals surface area contributed by atoms with Gasteiger partial charge < -0.3 is 10.2 Å². The molecule has 1 aliphatic heterocycles. The summed E-state index contributed by atoms with van der Waals surface area (Å²) in [6.07, 6.45) is 3.43. The number of aryl methyl sites for hydroxylation is 1. The highest BCUT2D eigenvalue weighted by Crippen LogP contribution is 2.25. The molecule has 1 saturated heterocycles. The average Bonchev–Trinajstić information content (AvgIpc) is 3.28. The van der Waals surface area contributed by atoms with Gasteiger partial charge in [0.05, 0.1) is 15.2 Å². The number of anilines is 2. The second-order valence-corrected chi connectivity index (χ2v) is 8.48. The quantitative estimate of drug-likeness (QED) is 0.648. The SMILES string of the molecule is CC1CCN(c2ccc(NC(=O)CCCc3nc4ccccc4s3)cc2)C1. The molecule has 4 rings (SSSR count). The van der Waals surface area contributed by atoms with Crippen molar-refractivity contribution in [2.45, 2.75) is 32.6 Å². The minimum absolute atomic E-state index is 0.0682. The van der Waals surface area contributed by atoms with Gasteiger partial charge in [-0.3, -0.25) is 4.79 Å². The molecule has 0 spiro atoms. The van der Waals surface area contributed by atoms with Gasteiger partial charge in [0.25, 0.3) is 0 Å². The lowest BCUT2D eigenvalue weighted by Gasteiger charge is -2.18. The van der Waals surface area contributed by atoms with Crippen molar-refractivity contribution in [2.75, 3.05) is 23.3 Å². The highest BCUT2D eigenvalue weighted by molar-refractivity contribution is 7.18. The summed E-state index contributed by atoms with van der Waals surface area (Å²) in [7, 11) is 0. The Hall–Kier alpha value is -2.40. The summed E-state index contributed by atoms with van der Waals surface area (Å²) in [5.41, 5.74) is 3.17. The predicted molar refractivity (Wildman–Crippen MR) is 114 cm³/mol. The number of nitrogens with zero attached hydrogens (tertiary/aromatic N) is 2. The van der Waals surface area contributed by atoms with E-state index in [0.29, 0.717) is 6.42 Å². The van der Waals surface area contributed by atoms with Gasteiger partial charge in [-0.05, 0) is 61.6 Å². The third-order valence-corrected chi connectivity index (χ3v) is 6.17. The van der Waals surface area contributed by atoms with Crippen LogP contribution in [0.1, 0.15) is 31.2 Å². The van der Waals surface area contributed by atoms with Crippen LogP contribution >= 0.6 is 11.3 Å². The van der Waals surface area contributed by atoms with Gasteiger partial charge in [0.15, 0.2) is 0 Å². The zero-order chi connectivity index (χ0) is 18.6. The maximum atomic E-state index is 12.2. The van der Waals surface area contributed by atoms with Crippen molar-refractivity contribution in [3.05, 3.63) is 53.5 Å². The lowest BCUT2D eigenvalue weighted by Crippen LogP contribution is -2.19. The molecule has 1 fully saturated rings. The van der Waals surface area contributed by atoms with Gasteiger partial charge in [-0.2, -0.15) is 0 Å². The van der Waals surface area contributed by atoms with Gasteiger partial charge in [0.2, 0.25) is 5.91 Å². The second kappa shape index (κ2) is 8.09. The largest absolute Gasteiger partial charge is 0.371 e. The average molecular weight is 380 g/mol. The molecule has 0 radical (unpaired) electrons. The summed E-state index contributed by atoms with van der Waals surface area (Å²) in [6, 6.07) is 16.4. The van der Waals surface area contributed by atoms with Crippen LogP contribution in [0, 0.1) is 5.92 Å². The van der Waals surface area contributed by atoms with Crippen LogP contribution in [0.15, 0.2) is 48.5 Å². The van der Waals surface area contributed by atoms with E-state index < -0.39 is 0 Å². The molecule has 1 aromatic heterocycles. The summed E-state index contributed by atoms with van der Waals surface area (Å²) in [5.74, 6) is 0.832. The zero-order valence-electron chi connectivity index (χ0n) is 15.6. The van der Waals surface area contributed by atoms with E-state index in [0.717, 1.165) is 48.1 Å². The molecule has 1 amide bonds. The lowest BCUT2D eigenvalue weighted by molar-refractivity contribution is -0.116. The molecular formula is C22H25N3OS. The summed E-state index contributed by atoms with van der Waals surface area (Å²) >= 11 is 1.72. The molecule has 0 aliphatic carbocycles. The maximum Gasteiger partial charge on any atom is 0.224 e. The first-order valence-corrected chi connectivity index (χ1v) is 10.5. The van der Waals surface area contributed by atoms with Crippen molar-refractivity contribution in [1.82, 2.24) is 4.98 Å². The molecule has 4 nitrogen and oxygen atoms in total. The second-order valence-electron chi connectivity index (χ2n) is 7.36. The van der Waals surface area contributed by atoms with Gasteiger partial charge >= 0.3 is 0 Å². The molecule has 3 aromatic rings. The molecule has 140 valence electrons. The number of amides is 1. The van der Waals surface area contributed by atoms with E-state index in [4.69, 9.17) is 0 Å². The van der Waals surface area contributed by atoms with Gasteiger partial charge in [-0.1, -0.05) is 19.1 Å². The maximum absolute atomic E-state index is 12.2. The summed E-state index contributed by atoms with van der Waals surface area (Å²) in [5, 5.41) is 4.11. The van der Waals surface area contributed by atoms with Crippen molar-refractivity contribution < 1.29 is 4.79 Å². The first-order valence-electron chi connectivity index (χ1n) is 9.67. The van der Waals surface area contributed by atoms with Crippen molar-refractivity contribution in [2.24, 2.45) is 5.92 Å². The molecule has 1 N–H and O–H groups in total. The lowest BCUT2D eigenvalue weighted by atomic mass is 10.2. The number of carbonyl (C=O) groups is 1. The number of aromatic nitrogens is 1. The summed E-state index contributed by atoms with van der Waals surface area (Å²) in [6.45, 7) is 4.54. The first-order chi connectivity index (χ1) is 13.2. The topological polar surface area (TPSA) is 45.2 Å². The smallest absolute Gasteiger partial charge is 0.224 e. The van der Waals surface area contributed by atoms with Crippen molar-refractivity contribution in [3.8, 4) is 0 Å². The fourth-order valence-electron chi connectivity index (χ4n) is 3.58. The highest BCUT2D eigenvalue weighted by Gasteiger charge is 2.18. The van der Waals surface area contributed by atoms with Crippen molar-refractivity contribution in [3.63, 3.8) is 0 Å². The molecule has 1 atom stereocenters. The van der Waals surface area contributed by atoms with Crippen LogP contribution < -0.4 is 10.2 Å². The molecule has 5 heteroatoms. The number of nitrogens with one attached hydrogen (secondary N) is 1. The van der Waals surface area contributed by atoms with Crippen LogP contribution in [-0.2, 0) is 11.2 Å². The molecule has 27 heavy (non-hydrogen) atoms. The molecule has 1 aliphatic rings. The van der Waals surface area contributed by atoms with E-state index in [1.54, 1.807) is 11.3 Å². The molecule has 2 heterocycles. The molecular weight excluding hydrogens is 354 g/mol. The third-order valence-electron chi connectivity index (χ3n) is 5.07. The number of fused-ring (bicyclic) bond motifs is 1. The van der Waals surface area contributed by atoms with Crippen molar-refractivity contribution >= 4 is 38.8 Å². The fourth-order valence-corrected chi connectivity index (χ4v) is 4.58. The molecule has 0 saturated carbocycles. The third kappa shape index (κ3) is 4.48. The highest BCUT2D eigenvalue weighted by atomic mass is 32.1. The number of hydrogen-bond donors (Lipinski definition) is 1. The Balaban J connectivity index is 1.25. The Labute approximate surface area is 164 Å². The van der Waals surface area contributed by atoms with Crippen molar-refractivity contribution in [1.29, 1.82) is 0 Å². The summed E-state index contributed by atoms with van der Waals surface area (Å²) in [4.78, 5) is 19.3. The van der Waals surface area contributed by atoms with E-state index in [-0.39, 0.29) is 5.91 Å². The van der Waals surface area contributed by atoms with E-state index in [1.807, 2.05) is 30.3 Å². The minimum Gasteiger partial charge on any atom is -0.371 e. The Morgan fingerprint density at radius 1 is 1.22 bits per heavy atom. The Morgan fingerprint density at radius 3 is 2.78 bits per heavy atom. The van der Waals surface area contributed by atoms with Crippen LogP contribution in [-0.4, -0.2) is 24.0 Å². The number of thiazole rings is 1. The van der Waals surface area contributed by atoms with Gasteiger partial charge in [0.1, 0.15) is 0 Å².